The number of amides is 1. The molecule has 120 valence electrons. The number of rotatable bonds is 6. The summed E-state index contributed by atoms with van der Waals surface area (Å²) >= 11 is 0. The zero-order chi connectivity index (χ0) is 15.9. The minimum Gasteiger partial charge on any atom is -0.481 e. The normalized spacial score (nSPS) is 19.5. The molecule has 0 aromatic heterocycles. The van der Waals surface area contributed by atoms with Crippen LogP contribution in [-0.2, 0) is 9.59 Å². The fraction of sp³-hybridized carbons (Fsp3) is 0.529. The lowest BCUT2D eigenvalue weighted by molar-refractivity contribution is -0.140. The molecule has 1 N–H and O–H groups in total. The number of aliphatic carboxylic acids is 1. The Morgan fingerprint density at radius 3 is 2.77 bits per heavy atom. The molecule has 5 heteroatoms. The van der Waals surface area contributed by atoms with E-state index < -0.39 is 12.1 Å². The first-order chi connectivity index (χ1) is 10.6. The van der Waals surface area contributed by atoms with Crippen LogP contribution in [0.5, 0.6) is 5.75 Å². The van der Waals surface area contributed by atoms with E-state index in [1.165, 1.54) is 0 Å². The summed E-state index contributed by atoms with van der Waals surface area (Å²) in [4.78, 5) is 24.9. The predicted molar refractivity (Wildman–Crippen MR) is 82.7 cm³/mol. The molecule has 0 radical (unpaired) electrons. The number of hydrogen-bond acceptors (Lipinski definition) is 3. The highest BCUT2D eigenvalue weighted by Gasteiger charge is 2.27. The topological polar surface area (TPSA) is 66.8 Å². The summed E-state index contributed by atoms with van der Waals surface area (Å²) in [6.07, 6.45) is 2.19. The maximum atomic E-state index is 12.5. The van der Waals surface area contributed by atoms with Gasteiger partial charge in [0.15, 0.2) is 6.10 Å². The Bertz CT molecular complexity index is 503. The quantitative estimate of drug-likeness (QED) is 0.877. The first-order valence-electron chi connectivity index (χ1n) is 7.78. The molecule has 0 spiro atoms. The second-order valence-corrected chi connectivity index (χ2v) is 5.80. The van der Waals surface area contributed by atoms with Gasteiger partial charge in [0.2, 0.25) is 0 Å². The van der Waals surface area contributed by atoms with Crippen molar-refractivity contribution in [2.45, 2.75) is 38.7 Å². The first-order valence-corrected chi connectivity index (χ1v) is 7.78. The third kappa shape index (κ3) is 4.76. The summed E-state index contributed by atoms with van der Waals surface area (Å²) in [6, 6.07) is 9.30. The van der Waals surface area contributed by atoms with Crippen LogP contribution >= 0.6 is 0 Å². The van der Waals surface area contributed by atoms with E-state index in [2.05, 4.69) is 0 Å². The van der Waals surface area contributed by atoms with E-state index in [1.54, 1.807) is 6.92 Å². The first kappa shape index (κ1) is 16.3. The molecule has 1 aliphatic rings. The lowest BCUT2D eigenvalue weighted by atomic mass is 9.93. The van der Waals surface area contributed by atoms with Gasteiger partial charge in [-0.2, -0.15) is 0 Å². The van der Waals surface area contributed by atoms with Crippen LogP contribution in [0.2, 0.25) is 0 Å². The van der Waals surface area contributed by atoms with Gasteiger partial charge < -0.3 is 14.7 Å². The number of likely N-dealkylation sites (tertiary alicyclic amines) is 1. The zero-order valence-corrected chi connectivity index (χ0v) is 12.9. The summed E-state index contributed by atoms with van der Waals surface area (Å²) in [6.45, 7) is 3.12. The van der Waals surface area contributed by atoms with Crippen LogP contribution in [0, 0.1) is 5.92 Å². The van der Waals surface area contributed by atoms with Gasteiger partial charge in [0.25, 0.3) is 5.91 Å². The summed E-state index contributed by atoms with van der Waals surface area (Å²) < 4.78 is 5.68. The van der Waals surface area contributed by atoms with Gasteiger partial charge in [-0.1, -0.05) is 18.2 Å². The lowest BCUT2D eigenvalue weighted by Crippen LogP contribution is -2.45. The van der Waals surface area contributed by atoms with E-state index in [1.807, 2.05) is 35.2 Å². The van der Waals surface area contributed by atoms with Gasteiger partial charge >= 0.3 is 5.97 Å². The van der Waals surface area contributed by atoms with Crippen LogP contribution < -0.4 is 4.74 Å². The van der Waals surface area contributed by atoms with E-state index in [-0.39, 0.29) is 18.2 Å². The van der Waals surface area contributed by atoms with Crippen LogP contribution in [0.1, 0.15) is 32.6 Å². The maximum absolute atomic E-state index is 12.5. The van der Waals surface area contributed by atoms with Crippen molar-refractivity contribution in [2.75, 3.05) is 13.1 Å². The van der Waals surface area contributed by atoms with Crippen molar-refractivity contribution in [3.8, 4) is 5.75 Å². The van der Waals surface area contributed by atoms with Gasteiger partial charge in [0, 0.05) is 19.5 Å². The molecule has 1 aromatic carbocycles. The van der Waals surface area contributed by atoms with E-state index in [0.29, 0.717) is 18.7 Å². The molecule has 5 nitrogen and oxygen atoms in total. The van der Waals surface area contributed by atoms with Gasteiger partial charge in [-0.05, 0) is 44.2 Å². The summed E-state index contributed by atoms with van der Waals surface area (Å²) in [5.41, 5.74) is 0. The molecule has 2 unspecified atom stereocenters. The molecule has 1 heterocycles. The monoisotopic (exact) mass is 305 g/mol. The molecule has 1 amide bonds. The Balaban J connectivity index is 1.86. The van der Waals surface area contributed by atoms with Crippen molar-refractivity contribution < 1.29 is 19.4 Å². The summed E-state index contributed by atoms with van der Waals surface area (Å²) in [7, 11) is 0. The van der Waals surface area contributed by atoms with Crippen molar-refractivity contribution in [1.29, 1.82) is 0 Å². The molecule has 0 bridgehead atoms. The standard InChI is InChI=1S/C17H23NO4/c1-13(22-15-7-3-2-4-8-15)17(21)18-11-5-6-14(12-18)9-10-16(19)20/h2-4,7-8,13-14H,5-6,9-12H2,1H3,(H,19,20). The molecule has 2 atom stereocenters. The van der Waals surface area contributed by atoms with Crippen molar-refractivity contribution in [2.24, 2.45) is 5.92 Å². The molecule has 1 saturated heterocycles. The molecule has 0 aliphatic carbocycles. The molecule has 0 saturated carbocycles. The average Bonchev–Trinajstić information content (AvgIpc) is 2.53. The molecule has 1 aliphatic heterocycles. The minimum atomic E-state index is -0.774. The number of hydrogen-bond donors (Lipinski definition) is 1. The smallest absolute Gasteiger partial charge is 0.303 e. The highest BCUT2D eigenvalue weighted by Crippen LogP contribution is 2.22. The van der Waals surface area contributed by atoms with Crippen LogP contribution in [0.25, 0.3) is 0 Å². The highest BCUT2D eigenvalue weighted by molar-refractivity contribution is 5.81. The number of nitrogens with zero attached hydrogens (tertiary/aromatic N) is 1. The fourth-order valence-electron chi connectivity index (χ4n) is 2.84. The second-order valence-electron chi connectivity index (χ2n) is 5.80. The van der Waals surface area contributed by atoms with Gasteiger partial charge in [-0.25, -0.2) is 0 Å². The van der Waals surface area contributed by atoms with Crippen LogP contribution in [0.15, 0.2) is 30.3 Å². The van der Waals surface area contributed by atoms with Crippen molar-refractivity contribution in [3.05, 3.63) is 30.3 Å². The Morgan fingerprint density at radius 2 is 2.09 bits per heavy atom. The number of benzene rings is 1. The van der Waals surface area contributed by atoms with Crippen molar-refractivity contribution >= 4 is 11.9 Å². The molecule has 2 rings (SSSR count). The summed E-state index contributed by atoms with van der Waals surface area (Å²) in [5, 5.41) is 8.77. The van der Waals surface area contributed by atoms with Crippen molar-refractivity contribution in [1.82, 2.24) is 4.90 Å². The van der Waals surface area contributed by atoms with E-state index in [9.17, 15) is 9.59 Å². The maximum Gasteiger partial charge on any atom is 0.303 e. The summed E-state index contributed by atoms with van der Waals surface area (Å²) in [5.74, 6) is 0.161. The van der Waals surface area contributed by atoms with Gasteiger partial charge in [-0.15, -0.1) is 0 Å². The van der Waals surface area contributed by atoms with Crippen LogP contribution in [0.4, 0.5) is 0 Å². The Kier molecular flexibility index (Phi) is 5.81. The molecule has 1 aromatic rings. The fourth-order valence-corrected chi connectivity index (χ4v) is 2.84. The van der Waals surface area contributed by atoms with Gasteiger partial charge in [-0.3, -0.25) is 9.59 Å². The zero-order valence-electron chi connectivity index (χ0n) is 12.9. The SMILES string of the molecule is CC(Oc1ccccc1)C(=O)N1CCCC(CCC(=O)O)C1. The molecular weight excluding hydrogens is 282 g/mol. The molecule has 1 fully saturated rings. The Labute approximate surface area is 130 Å². The lowest BCUT2D eigenvalue weighted by Gasteiger charge is -2.34. The number of carbonyl (C=O) groups is 2. The number of carbonyl (C=O) groups excluding carboxylic acids is 1. The molecule has 22 heavy (non-hydrogen) atoms. The molecular formula is C17H23NO4. The number of para-hydroxylation sites is 1. The number of ether oxygens (including phenoxy) is 1. The van der Waals surface area contributed by atoms with Gasteiger partial charge in [0.05, 0.1) is 0 Å². The van der Waals surface area contributed by atoms with Crippen LogP contribution in [0.3, 0.4) is 0 Å². The average molecular weight is 305 g/mol. The second kappa shape index (κ2) is 7.82. The number of carboxylic acids is 1. The largest absolute Gasteiger partial charge is 0.481 e. The van der Waals surface area contributed by atoms with Crippen LogP contribution in [-0.4, -0.2) is 41.1 Å². The highest BCUT2D eigenvalue weighted by atomic mass is 16.5. The number of carboxylic acid groups (broad SMARTS) is 1. The van der Waals surface area contributed by atoms with E-state index >= 15 is 0 Å². The Morgan fingerprint density at radius 1 is 1.36 bits per heavy atom. The van der Waals surface area contributed by atoms with E-state index in [0.717, 1.165) is 19.4 Å². The third-order valence-corrected chi connectivity index (χ3v) is 4.00. The predicted octanol–water partition coefficient (Wildman–Crippen LogP) is 2.56. The Hall–Kier alpha value is -2.04. The van der Waals surface area contributed by atoms with Gasteiger partial charge in [0.1, 0.15) is 5.75 Å². The minimum absolute atomic E-state index is 0.0242. The van der Waals surface area contributed by atoms with E-state index in [4.69, 9.17) is 9.84 Å². The number of piperidine rings is 1. The van der Waals surface area contributed by atoms with Crippen molar-refractivity contribution in [3.63, 3.8) is 0 Å². The third-order valence-electron chi connectivity index (χ3n) is 4.00.